The van der Waals surface area contributed by atoms with Crippen LogP contribution in [-0.4, -0.2) is 30.3 Å². The molecular weight excluding hydrogens is 272 g/mol. The molecule has 0 aliphatic rings. The van der Waals surface area contributed by atoms with Gasteiger partial charge in [0.25, 0.3) is 0 Å². The number of unbranched alkanes of at least 4 members (excludes halogenated alkanes) is 1. The van der Waals surface area contributed by atoms with Crippen LogP contribution in [0.15, 0.2) is 24.3 Å². The van der Waals surface area contributed by atoms with Crippen LogP contribution in [-0.2, 0) is 14.3 Å². The summed E-state index contributed by atoms with van der Waals surface area (Å²) >= 11 is 0. The molecular formula is C16H20O5. The molecule has 0 aliphatic heterocycles. The lowest BCUT2D eigenvalue weighted by Crippen LogP contribution is -2.15. The van der Waals surface area contributed by atoms with Crippen molar-refractivity contribution in [3.63, 3.8) is 0 Å². The fourth-order valence-corrected chi connectivity index (χ4v) is 1.60. The number of hydrogen-bond acceptors (Lipinski definition) is 4. The van der Waals surface area contributed by atoms with Crippen molar-refractivity contribution in [2.75, 3.05) is 13.2 Å². The van der Waals surface area contributed by atoms with Crippen molar-refractivity contribution in [2.24, 2.45) is 0 Å². The van der Waals surface area contributed by atoms with E-state index in [2.05, 4.69) is 0 Å². The highest BCUT2D eigenvalue weighted by atomic mass is 16.6. The molecule has 5 heteroatoms. The van der Waals surface area contributed by atoms with Crippen molar-refractivity contribution in [2.45, 2.75) is 26.7 Å². The molecule has 0 heterocycles. The number of benzene rings is 1. The minimum atomic E-state index is -1.04. The number of aliphatic carboxylic acids is 1. The summed E-state index contributed by atoms with van der Waals surface area (Å²) in [6, 6.07) is 5.32. The first kappa shape index (κ1) is 16.8. The number of carboxylic acids is 1. The Hall–Kier alpha value is -2.30. The summed E-state index contributed by atoms with van der Waals surface area (Å²) in [4.78, 5) is 22.1. The first-order valence-corrected chi connectivity index (χ1v) is 6.83. The molecule has 0 bridgehead atoms. The molecule has 0 radical (unpaired) electrons. The molecule has 0 fully saturated rings. The summed E-state index contributed by atoms with van der Waals surface area (Å²) in [6.45, 7) is 4.09. The maximum atomic E-state index is 11.5. The maximum absolute atomic E-state index is 11.5. The number of esters is 1. The molecule has 0 saturated heterocycles. The van der Waals surface area contributed by atoms with Gasteiger partial charge in [-0.2, -0.15) is 0 Å². The van der Waals surface area contributed by atoms with E-state index in [0.29, 0.717) is 17.9 Å². The molecule has 1 aromatic rings. The van der Waals surface area contributed by atoms with Crippen molar-refractivity contribution in [3.8, 4) is 5.75 Å². The van der Waals surface area contributed by atoms with Crippen LogP contribution in [0.2, 0.25) is 0 Å². The lowest BCUT2D eigenvalue weighted by atomic mass is 10.1. The summed E-state index contributed by atoms with van der Waals surface area (Å²) in [7, 11) is 0. The highest BCUT2D eigenvalue weighted by Gasteiger charge is 2.07. The quantitative estimate of drug-likeness (QED) is 0.453. The molecule has 5 nitrogen and oxygen atoms in total. The Balaban J connectivity index is 2.65. The molecule has 0 spiro atoms. The molecule has 0 unspecified atom stereocenters. The molecule has 0 aliphatic carbocycles. The lowest BCUT2D eigenvalue weighted by Gasteiger charge is -2.10. The second-order valence-corrected chi connectivity index (χ2v) is 4.58. The van der Waals surface area contributed by atoms with E-state index in [1.165, 1.54) is 6.08 Å². The van der Waals surface area contributed by atoms with E-state index in [0.717, 1.165) is 24.5 Å². The van der Waals surface area contributed by atoms with E-state index < -0.39 is 11.9 Å². The van der Waals surface area contributed by atoms with Gasteiger partial charge >= 0.3 is 11.9 Å². The third-order valence-electron chi connectivity index (χ3n) is 2.68. The van der Waals surface area contributed by atoms with Gasteiger partial charge in [-0.05, 0) is 31.6 Å². The first-order valence-electron chi connectivity index (χ1n) is 6.83. The third-order valence-corrected chi connectivity index (χ3v) is 2.68. The summed E-state index contributed by atoms with van der Waals surface area (Å²) in [5, 5.41) is 8.67. The summed E-state index contributed by atoms with van der Waals surface area (Å²) in [5.41, 5.74) is 1.58. The summed E-state index contributed by atoms with van der Waals surface area (Å²) < 4.78 is 10.4. The predicted octanol–water partition coefficient (Wildman–Crippen LogP) is 2.81. The standard InChI is InChI=1S/C16H20O5/c1-3-4-9-20-16(19)11-21-14-7-5-12(2)10-13(14)6-8-15(17)18/h5-8,10H,3-4,9,11H2,1-2H3,(H,17,18). The molecule has 1 N–H and O–H groups in total. The largest absolute Gasteiger partial charge is 0.481 e. The van der Waals surface area contributed by atoms with Gasteiger partial charge in [-0.25, -0.2) is 9.59 Å². The molecule has 21 heavy (non-hydrogen) atoms. The smallest absolute Gasteiger partial charge is 0.344 e. The van der Waals surface area contributed by atoms with Gasteiger partial charge in [-0.15, -0.1) is 0 Å². The van der Waals surface area contributed by atoms with Crippen molar-refractivity contribution in [1.82, 2.24) is 0 Å². The predicted molar refractivity (Wildman–Crippen MR) is 79.2 cm³/mol. The zero-order chi connectivity index (χ0) is 15.7. The molecule has 0 amide bonds. The molecule has 0 saturated carbocycles. The summed E-state index contributed by atoms with van der Waals surface area (Å²) in [6.07, 6.45) is 4.24. The number of carboxylic acid groups (broad SMARTS) is 1. The van der Waals surface area contributed by atoms with Crippen molar-refractivity contribution in [3.05, 3.63) is 35.4 Å². The molecule has 1 aromatic carbocycles. The normalized spacial score (nSPS) is 10.6. The molecule has 1 rings (SSSR count). The number of hydrogen-bond donors (Lipinski definition) is 1. The van der Waals surface area contributed by atoms with Gasteiger partial charge in [0.15, 0.2) is 6.61 Å². The number of rotatable bonds is 8. The van der Waals surface area contributed by atoms with Gasteiger partial charge in [0, 0.05) is 11.6 Å². The van der Waals surface area contributed by atoms with Crippen molar-refractivity contribution < 1.29 is 24.2 Å². The van der Waals surface area contributed by atoms with E-state index >= 15 is 0 Å². The minimum absolute atomic E-state index is 0.194. The van der Waals surface area contributed by atoms with Gasteiger partial charge in [0.05, 0.1) is 6.61 Å². The highest BCUT2D eigenvalue weighted by molar-refractivity contribution is 5.86. The van der Waals surface area contributed by atoms with Crippen LogP contribution in [0.1, 0.15) is 30.9 Å². The minimum Gasteiger partial charge on any atom is -0.481 e. The SMILES string of the molecule is CCCCOC(=O)COc1ccc(C)cc1C=CC(=O)O. The van der Waals surface area contributed by atoms with E-state index in [1.54, 1.807) is 12.1 Å². The number of carbonyl (C=O) groups excluding carboxylic acids is 1. The van der Waals surface area contributed by atoms with Crippen LogP contribution < -0.4 is 4.74 Å². The Morgan fingerprint density at radius 3 is 2.76 bits per heavy atom. The maximum Gasteiger partial charge on any atom is 0.344 e. The van der Waals surface area contributed by atoms with Crippen molar-refractivity contribution >= 4 is 18.0 Å². The first-order chi connectivity index (χ1) is 10.0. The van der Waals surface area contributed by atoms with Crippen LogP contribution >= 0.6 is 0 Å². The van der Waals surface area contributed by atoms with Gasteiger partial charge in [0.1, 0.15) is 5.75 Å². The third kappa shape index (κ3) is 6.61. The Morgan fingerprint density at radius 2 is 2.10 bits per heavy atom. The van der Waals surface area contributed by atoms with Gasteiger partial charge in [-0.3, -0.25) is 0 Å². The van der Waals surface area contributed by atoms with Crippen LogP contribution in [0.5, 0.6) is 5.75 Å². The number of ether oxygens (including phenoxy) is 2. The van der Waals surface area contributed by atoms with Crippen LogP contribution in [0.4, 0.5) is 0 Å². The van der Waals surface area contributed by atoms with E-state index in [1.807, 2.05) is 19.9 Å². The number of aryl methyl sites for hydroxylation is 1. The van der Waals surface area contributed by atoms with Gasteiger partial charge in [-0.1, -0.05) is 25.0 Å². The zero-order valence-corrected chi connectivity index (χ0v) is 12.3. The van der Waals surface area contributed by atoms with Crippen LogP contribution in [0.25, 0.3) is 6.08 Å². The zero-order valence-electron chi connectivity index (χ0n) is 12.3. The fourth-order valence-electron chi connectivity index (χ4n) is 1.60. The lowest BCUT2D eigenvalue weighted by molar-refractivity contribution is -0.146. The van der Waals surface area contributed by atoms with Gasteiger partial charge < -0.3 is 14.6 Å². The second-order valence-electron chi connectivity index (χ2n) is 4.58. The Bertz CT molecular complexity index is 519. The average molecular weight is 292 g/mol. The average Bonchev–Trinajstić information content (AvgIpc) is 2.44. The van der Waals surface area contributed by atoms with E-state index in [-0.39, 0.29) is 6.61 Å². The van der Waals surface area contributed by atoms with Crippen molar-refractivity contribution in [1.29, 1.82) is 0 Å². The van der Waals surface area contributed by atoms with E-state index in [4.69, 9.17) is 14.6 Å². The topological polar surface area (TPSA) is 72.8 Å². The number of carbonyl (C=O) groups is 2. The van der Waals surface area contributed by atoms with Gasteiger partial charge in [0.2, 0.25) is 0 Å². The molecule has 114 valence electrons. The fraction of sp³-hybridized carbons (Fsp3) is 0.375. The summed E-state index contributed by atoms with van der Waals surface area (Å²) in [5.74, 6) is -1.02. The molecule has 0 aromatic heterocycles. The Labute approximate surface area is 124 Å². The second kappa shape index (κ2) is 8.79. The van der Waals surface area contributed by atoms with E-state index in [9.17, 15) is 9.59 Å². The Morgan fingerprint density at radius 1 is 1.33 bits per heavy atom. The van der Waals surface area contributed by atoms with Crippen LogP contribution in [0, 0.1) is 6.92 Å². The Kier molecular flexibility index (Phi) is 7.01. The monoisotopic (exact) mass is 292 g/mol. The highest BCUT2D eigenvalue weighted by Crippen LogP contribution is 2.21. The molecule has 0 atom stereocenters. The van der Waals surface area contributed by atoms with Crippen LogP contribution in [0.3, 0.4) is 0 Å².